The number of amides is 1. The first kappa shape index (κ1) is 17.4. The Morgan fingerprint density at radius 3 is 2.84 bits per heavy atom. The Morgan fingerprint density at radius 1 is 1.24 bits per heavy atom. The van der Waals surface area contributed by atoms with Crippen molar-refractivity contribution in [2.45, 2.75) is 11.7 Å². The molecule has 0 saturated heterocycles. The Bertz CT molecular complexity index is 828. The van der Waals surface area contributed by atoms with Crippen LogP contribution < -0.4 is 0 Å². The van der Waals surface area contributed by atoms with Gasteiger partial charge in [0.05, 0.1) is 12.3 Å². The van der Waals surface area contributed by atoms with Crippen LogP contribution in [-0.2, 0) is 11.3 Å². The Labute approximate surface area is 154 Å². The monoisotopic (exact) mass is 370 g/mol. The molecule has 1 N–H and O–H groups in total. The Morgan fingerprint density at radius 2 is 2.08 bits per heavy atom. The van der Waals surface area contributed by atoms with Crippen LogP contribution in [0.15, 0.2) is 53.0 Å². The van der Waals surface area contributed by atoms with E-state index in [0.717, 1.165) is 5.56 Å². The summed E-state index contributed by atoms with van der Waals surface area (Å²) >= 11 is 2.99. The van der Waals surface area contributed by atoms with Crippen LogP contribution in [0.2, 0.25) is 0 Å². The van der Waals surface area contributed by atoms with Crippen LogP contribution in [0.4, 0.5) is 0 Å². The van der Waals surface area contributed by atoms with Gasteiger partial charge >= 0.3 is 0 Å². The molecule has 5 nitrogen and oxygen atoms in total. The van der Waals surface area contributed by atoms with Crippen molar-refractivity contribution in [1.29, 1.82) is 0 Å². The Kier molecular flexibility index (Phi) is 6.03. The molecule has 0 spiro atoms. The zero-order chi connectivity index (χ0) is 17.5. The second-order valence-electron chi connectivity index (χ2n) is 5.37. The number of aromatic amines is 1. The van der Waals surface area contributed by atoms with Crippen molar-refractivity contribution in [2.24, 2.45) is 0 Å². The normalized spacial score (nSPS) is 11.1. The maximum absolute atomic E-state index is 12.2. The molecular formula is C18H18N4OS2. The molecule has 0 aliphatic carbocycles. The van der Waals surface area contributed by atoms with Crippen LogP contribution in [0.3, 0.4) is 0 Å². The van der Waals surface area contributed by atoms with Gasteiger partial charge in [-0.25, -0.2) is 4.98 Å². The number of H-pyrrole nitrogens is 1. The number of rotatable bonds is 7. The summed E-state index contributed by atoms with van der Waals surface area (Å²) in [6.45, 7) is 0.635. The number of nitrogens with zero attached hydrogens (tertiary/aromatic N) is 3. The fourth-order valence-corrected chi connectivity index (χ4v) is 3.60. The third-order valence-electron chi connectivity index (χ3n) is 3.44. The number of thioether (sulfide) groups is 1. The van der Waals surface area contributed by atoms with Crippen molar-refractivity contribution < 1.29 is 4.79 Å². The fraction of sp³-hybridized carbons (Fsp3) is 0.167. The number of benzene rings is 1. The summed E-state index contributed by atoms with van der Waals surface area (Å²) < 4.78 is 0. The minimum absolute atomic E-state index is 0.0598. The summed E-state index contributed by atoms with van der Waals surface area (Å²) in [5.41, 5.74) is 1.10. The van der Waals surface area contributed by atoms with Crippen LogP contribution in [-0.4, -0.2) is 38.8 Å². The van der Waals surface area contributed by atoms with E-state index in [1.54, 1.807) is 16.2 Å². The van der Waals surface area contributed by atoms with E-state index in [0.29, 0.717) is 23.3 Å². The molecule has 0 aliphatic rings. The van der Waals surface area contributed by atoms with Gasteiger partial charge in [0, 0.05) is 11.9 Å². The predicted molar refractivity (Wildman–Crippen MR) is 103 cm³/mol. The molecule has 1 amide bonds. The quantitative estimate of drug-likeness (QED) is 0.643. The summed E-state index contributed by atoms with van der Waals surface area (Å²) in [6.07, 6.45) is 3.84. The van der Waals surface area contributed by atoms with E-state index in [4.69, 9.17) is 0 Å². The first-order valence-corrected chi connectivity index (χ1v) is 9.62. The summed E-state index contributed by atoms with van der Waals surface area (Å²) in [7, 11) is 1.81. The molecule has 0 bridgehead atoms. The number of hydrogen-bond acceptors (Lipinski definition) is 5. The molecular weight excluding hydrogens is 352 g/mol. The van der Waals surface area contributed by atoms with Crippen LogP contribution >= 0.6 is 23.1 Å². The van der Waals surface area contributed by atoms with Gasteiger partial charge in [0.15, 0.2) is 0 Å². The molecule has 25 heavy (non-hydrogen) atoms. The molecule has 0 atom stereocenters. The predicted octanol–water partition coefficient (Wildman–Crippen LogP) is 3.79. The Hall–Kier alpha value is -2.38. The van der Waals surface area contributed by atoms with E-state index in [1.165, 1.54) is 16.6 Å². The lowest BCUT2D eigenvalue weighted by molar-refractivity contribution is -0.127. The number of nitrogens with one attached hydrogen (secondary N) is 1. The zero-order valence-corrected chi connectivity index (χ0v) is 15.4. The van der Waals surface area contributed by atoms with Gasteiger partial charge in [0.2, 0.25) is 11.1 Å². The smallest absolute Gasteiger partial charge is 0.233 e. The molecule has 0 radical (unpaired) electrons. The van der Waals surface area contributed by atoms with Gasteiger partial charge in [-0.3, -0.25) is 9.89 Å². The summed E-state index contributed by atoms with van der Waals surface area (Å²) in [4.78, 5) is 19.5. The lowest BCUT2D eigenvalue weighted by Gasteiger charge is -2.15. The van der Waals surface area contributed by atoms with Gasteiger partial charge in [0.1, 0.15) is 5.82 Å². The van der Waals surface area contributed by atoms with Gasteiger partial charge in [-0.2, -0.15) is 0 Å². The van der Waals surface area contributed by atoms with Crippen molar-refractivity contribution in [3.8, 4) is 0 Å². The van der Waals surface area contributed by atoms with Crippen molar-refractivity contribution in [3.63, 3.8) is 0 Å². The van der Waals surface area contributed by atoms with Crippen LogP contribution in [0.1, 0.15) is 16.3 Å². The van der Waals surface area contributed by atoms with Crippen molar-refractivity contribution in [3.05, 3.63) is 64.1 Å². The summed E-state index contributed by atoms with van der Waals surface area (Å²) in [5, 5.41) is 9.60. The van der Waals surface area contributed by atoms with E-state index in [2.05, 4.69) is 15.2 Å². The second kappa shape index (κ2) is 8.64. The largest absolute Gasteiger partial charge is 0.340 e. The van der Waals surface area contributed by atoms with Gasteiger partial charge in [-0.1, -0.05) is 54.2 Å². The molecule has 128 valence electrons. The average Bonchev–Trinajstić information content (AvgIpc) is 3.30. The van der Waals surface area contributed by atoms with Crippen LogP contribution in [0.25, 0.3) is 12.2 Å². The van der Waals surface area contributed by atoms with Gasteiger partial charge < -0.3 is 4.90 Å². The standard InChI is InChI=1S/C18H18N4OS2/c1-22(12-15-8-5-11-24-15)17(23)13-25-18-19-16(20-21-18)10-9-14-6-3-2-4-7-14/h2-11H,12-13H2,1H3,(H,19,20,21)/b10-9+. The average molecular weight is 371 g/mol. The molecule has 0 unspecified atom stereocenters. The highest BCUT2D eigenvalue weighted by Crippen LogP contribution is 2.16. The van der Waals surface area contributed by atoms with Crippen molar-refractivity contribution in [2.75, 3.05) is 12.8 Å². The SMILES string of the molecule is CN(Cc1cccs1)C(=O)CSc1n[nH]c(/C=C/c2ccccc2)n1. The van der Waals surface area contributed by atoms with Gasteiger partial charge in [0.25, 0.3) is 0 Å². The maximum atomic E-state index is 12.2. The number of thiophene rings is 1. The minimum Gasteiger partial charge on any atom is -0.340 e. The lowest BCUT2D eigenvalue weighted by Crippen LogP contribution is -2.27. The third kappa shape index (κ3) is 5.30. The molecule has 2 heterocycles. The summed E-state index contributed by atoms with van der Waals surface area (Å²) in [6, 6.07) is 14.0. The van der Waals surface area contributed by atoms with Gasteiger partial charge in [-0.15, -0.1) is 16.4 Å². The first-order valence-electron chi connectivity index (χ1n) is 7.75. The zero-order valence-electron chi connectivity index (χ0n) is 13.8. The Balaban J connectivity index is 1.49. The molecule has 3 rings (SSSR count). The fourth-order valence-electron chi connectivity index (χ4n) is 2.10. The molecule has 0 fully saturated rings. The topological polar surface area (TPSA) is 61.9 Å². The van der Waals surface area contributed by atoms with E-state index in [-0.39, 0.29) is 5.91 Å². The van der Waals surface area contributed by atoms with E-state index in [1.807, 2.05) is 67.0 Å². The minimum atomic E-state index is 0.0598. The van der Waals surface area contributed by atoms with Crippen molar-refractivity contribution >= 4 is 41.2 Å². The van der Waals surface area contributed by atoms with E-state index >= 15 is 0 Å². The lowest BCUT2D eigenvalue weighted by atomic mass is 10.2. The highest BCUT2D eigenvalue weighted by molar-refractivity contribution is 7.99. The number of carbonyl (C=O) groups excluding carboxylic acids is 1. The number of hydrogen-bond donors (Lipinski definition) is 1. The second-order valence-corrected chi connectivity index (χ2v) is 7.34. The number of carbonyl (C=O) groups is 1. The molecule has 2 aromatic heterocycles. The third-order valence-corrected chi connectivity index (χ3v) is 5.13. The van der Waals surface area contributed by atoms with Gasteiger partial charge in [-0.05, 0) is 23.1 Å². The van der Waals surface area contributed by atoms with Crippen molar-refractivity contribution in [1.82, 2.24) is 20.1 Å². The number of aromatic nitrogens is 3. The maximum Gasteiger partial charge on any atom is 0.233 e. The van der Waals surface area contributed by atoms with E-state index in [9.17, 15) is 4.79 Å². The molecule has 1 aromatic carbocycles. The van der Waals surface area contributed by atoms with Crippen LogP contribution in [0.5, 0.6) is 0 Å². The summed E-state index contributed by atoms with van der Waals surface area (Å²) in [5.74, 6) is 1.05. The highest BCUT2D eigenvalue weighted by atomic mass is 32.2. The highest BCUT2D eigenvalue weighted by Gasteiger charge is 2.12. The first-order chi connectivity index (χ1) is 12.2. The van der Waals surface area contributed by atoms with E-state index < -0.39 is 0 Å². The molecule has 0 saturated carbocycles. The van der Waals surface area contributed by atoms with Crippen LogP contribution in [0, 0.1) is 0 Å². The molecule has 7 heteroatoms. The molecule has 3 aromatic rings. The molecule has 0 aliphatic heterocycles.